The number of nitrogens with zero attached hydrogens (tertiary/aromatic N) is 1. The zero-order valence-electron chi connectivity index (χ0n) is 15.4. The summed E-state index contributed by atoms with van der Waals surface area (Å²) in [4.78, 5) is 15.1. The second-order valence-electron chi connectivity index (χ2n) is 7.09. The van der Waals surface area contributed by atoms with Crippen LogP contribution >= 0.6 is 0 Å². The topological polar surface area (TPSA) is 88.7 Å². The Morgan fingerprint density at radius 1 is 1.28 bits per heavy atom. The van der Waals surface area contributed by atoms with Gasteiger partial charge >= 0.3 is 0 Å². The molecule has 6 nitrogen and oxygen atoms in total. The van der Waals surface area contributed by atoms with Crippen LogP contribution in [0, 0.1) is 11.8 Å². The van der Waals surface area contributed by atoms with Crippen LogP contribution in [0.5, 0.6) is 5.75 Å². The first-order valence-electron chi connectivity index (χ1n) is 8.93. The lowest BCUT2D eigenvalue weighted by Gasteiger charge is -2.32. The monoisotopic (exact) mass is 346 g/mol. The number of rotatable bonds is 6. The molecule has 25 heavy (non-hydrogen) atoms. The van der Waals surface area contributed by atoms with Crippen molar-refractivity contribution in [3.63, 3.8) is 0 Å². The zero-order chi connectivity index (χ0) is 18.2. The molecule has 0 radical (unpaired) electrons. The van der Waals surface area contributed by atoms with Crippen LogP contribution in [0.2, 0.25) is 0 Å². The summed E-state index contributed by atoms with van der Waals surface area (Å²) < 4.78 is 5.34. The predicted molar refractivity (Wildman–Crippen MR) is 100 cm³/mol. The van der Waals surface area contributed by atoms with Crippen molar-refractivity contribution in [2.45, 2.75) is 45.7 Å². The molecule has 138 valence electrons. The van der Waals surface area contributed by atoms with Crippen LogP contribution in [0.25, 0.3) is 0 Å². The molecule has 1 aromatic rings. The van der Waals surface area contributed by atoms with Crippen molar-refractivity contribution in [3.8, 4) is 5.75 Å². The molecule has 0 spiro atoms. The molecule has 0 heterocycles. The van der Waals surface area contributed by atoms with Gasteiger partial charge in [0.1, 0.15) is 5.75 Å². The maximum atomic E-state index is 10.8. The van der Waals surface area contributed by atoms with Gasteiger partial charge in [0.15, 0.2) is 12.6 Å². The van der Waals surface area contributed by atoms with Crippen LogP contribution in [0.1, 0.15) is 38.7 Å². The molecule has 2 unspecified atom stereocenters. The summed E-state index contributed by atoms with van der Waals surface area (Å²) in [5.74, 6) is 2.46. The number of hydrogen-bond donors (Lipinski definition) is 3. The Kier molecular flexibility index (Phi) is 7.10. The van der Waals surface area contributed by atoms with Crippen LogP contribution in [-0.2, 0) is 11.3 Å². The number of carbonyl (C=O) groups excluding carboxylic acids is 1. The van der Waals surface area contributed by atoms with E-state index in [0.717, 1.165) is 23.4 Å². The van der Waals surface area contributed by atoms with Gasteiger partial charge in [-0.05, 0) is 48.8 Å². The fourth-order valence-electron chi connectivity index (χ4n) is 3.54. The van der Waals surface area contributed by atoms with Gasteiger partial charge in [-0.15, -0.1) is 0 Å². The molecule has 2 rings (SSSR count). The molecular weight excluding hydrogens is 316 g/mol. The van der Waals surface area contributed by atoms with E-state index < -0.39 is 5.91 Å². The van der Waals surface area contributed by atoms with Crippen LogP contribution in [0.3, 0.4) is 0 Å². The number of primary amides is 1. The molecule has 1 saturated carbocycles. The maximum Gasteiger partial charge on any atom is 0.255 e. The third-order valence-corrected chi connectivity index (χ3v) is 4.48. The van der Waals surface area contributed by atoms with Gasteiger partial charge in [-0.1, -0.05) is 26.0 Å². The number of amides is 1. The second kappa shape index (κ2) is 9.30. The van der Waals surface area contributed by atoms with Gasteiger partial charge in [0.05, 0.1) is 0 Å². The van der Waals surface area contributed by atoms with E-state index in [-0.39, 0.29) is 6.61 Å². The number of ether oxygens (including phenoxy) is 1. The van der Waals surface area contributed by atoms with Crippen LogP contribution in [0.15, 0.2) is 29.3 Å². The fraction of sp³-hybridized carbons (Fsp3) is 0.579. The van der Waals surface area contributed by atoms with E-state index in [2.05, 4.69) is 29.5 Å². The highest BCUT2D eigenvalue weighted by molar-refractivity contribution is 5.80. The van der Waals surface area contributed by atoms with Crippen molar-refractivity contribution >= 4 is 11.9 Å². The van der Waals surface area contributed by atoms with Gasteiger partial charge in [-0.25, -0.2) is 0 Å². The van der Waals surface area contributed by atoms with Gasteiger partial charge in [0.2, 0.25) is 0 Å². The molecule has 1 fully saturated rings. The Bertz CT molecular complexity index is 593. The number of hydrogen-bond acceptors (Lipinski definition) is 3. The summed E-state index contributed by atoms with van der Waals surface area (Å²) in [5, 5.41) is 6.88. The number of nitrogens with two attached hydrogens (primary N) is 1. The Balaban J connectivity index is 1.86. The first-order valence-corrected chi connectivity index (χ1v) is 8.93. The number of nitrogens with one attached hydrogen (secondary N) is 2. The lowest BCUT2D eigenvalue weighted by molar-refractivity contribution is -0.119. The first kappa shape index (κ1) is 19.1. The van der Waals surface area contributed by atoms with E-state index in [1.807, 2.05) is 24.3 Å². The Morgan fingerprint density at radius 3 is 2.64 bits per heavy atom. The summed E-state index contributed by atoms with van der Waals surface area (Å²) in [6, 6.07) is 8.07. The molecule has 1 amide bonds. The minimum Gasteiger partial charge on any atom is -0.484 e. The minimum atomic E-state index is -0.482. The minimum absolute atomic E-state index is 0.113. The van der Waals surface area contributed by atoms with Gasteiger partial charge in [-0.2, -0.15) is 0 Å². The Morgan fingerprint density at radius 2 is 2.00 bits per heavy atom. The van der Waals surface area contributed by atoms with Crippen molar-refractivity contribution < 1.29 is 9.53 Å². The zero-order valence-corrected chi connectivity index (χ0v) is 15.4. The second-order valence-corrected chi connectivity index (χ2v) is 7.09. The number of carbonyl (C=O) groups is 1. The lowest BCUT2D eigenvalue weighted by atomic mass is 9.80. The third kappa shape index (κ3) is 6.64. The van der Waals surface area contributed by atoms with Gasteiger partial charge < -0.3 is 21.1 Å². The van der Waals surface area contributed by atoms with E-state index >= 15 is 0 Å². The van der Waals surface area contributed by atoms with Gasteiger partial charge in [0.25, 0.3) is 5.91 Å². The highest BCUT2D eigenvalue weighted by atomic mass is 16.5. The van der Waals surface area contributed by atoms with Crippen molar-refractivity contribution in [1.82, 2.24) is 10.6 Å². The first-order chi connectivity index (χ1) is 12.0. The molecule has 1 aliphatic carbocycles. The quantitative estimate of drug-likeness (QED) is 0.543. The fourth-order valence-corrected chi connectivity index (χ4v) is 3.54. The summed E-state index contributed by atoms with van der Waals surface area (Å²) in [5.41, 5.74) is 6.15. The summed E-state index contributed by atoms with van der Waals surface area (Å²) in [6.45, 7) is 5.15. The lowest BCUT2D eigenvalue weighted by Crippen LogP contribution is -2.45. The number of guanidine groups is 1. The highest BCUT2D eigenvalue weighted by Gasteiger charge is 2.24. The molecule has 1 aromatic carbocycles. The maximum absolute atomic E-state index is 10.8. The molecule has 0 bridgehead atoms. The largest absolute Gasteiger partial charge is 0.484 e. The average Bonchev–Trinajstić information content (AvgIpc) is 2.56. The van der Waals surface area contributed by atoms with E-state index in [0.29, 0.717) is 18.3 Å². The Hall–Kier alpha value is -2.24. The summed E-state index contributed by atoms with van der Waals surface area (Å²) >= 11 is 0. The van der Waals surface area contributed by atoms with Crippen molar-refractivity contribution in [2.24, 2.45) is 22.6 Å². The van der Waals surface area contributed by atoms with Crippen molar-refractivity contribution in [3.05, 3.63) is 29.8 Å². The van der Waals surface area contributed by atoms with E-state index in [9.17, 15) is 4.79 Å². The number of aliphatic imine (C=N–C) groups is 1. The predicted octanol–water partition coefficient (Wildman–Crippen LogP) is 2.04. The molecule has 2 atom stereocenters. The SMILES string of the molecule is CN=C(NCc1cccc(OCC(N)=O)c1)NC1CC(C)CC(C)C1. The van der Waals surface area contributed by atoms with Crippen LogP contribution < -0.4 is 21.1 Å². The molecule has 0 aliphatic heterocycles. The van der Waals surface area contributed by atoms with E-state index in [1.54, 1.807) is 7.05 Å². The molecule has 0 saturated heterocycles. The average molecular weight is 346 g/mol. The van der Waals surface area contributed by atoms with E-state index in [1.165, 1.54) is 19.3 Å². The third-order valence-electron chi connectivity index (χ3n) is 4.48. The van der Waals surface area contributed by atoms with Crippen LogP contribution in [-0.4, -0.2) is 31.6 Å². The molecule has 1 aliphatic rings. The normalized spacial score (nSPS) is 23.8. The van der Waals surface area contributed by atoms with Gasteiger partial charge in [-0.3, -0.25) is 9.79 Å². The van der Waals surface area contributed by atoms with E-state index in [4.69, 9.17) is 10.5 Å². The molecular formula is C19H30N4O2. The Labute approximate surface area is 150 Å². The number of benzene rings is 1. The van der Waals surface area contributed by atoms with Crippen LogP contribution in [0.4, 0.5) is 0 Å². The molecule has 4 N–H and O–H groups in total. The van der Waals surface area contributed by atoms with Crippen molar-refractivity contribution in [2.75, 3.05) is 13.7 Å². The summed E-state index contributed by atoms with van der Waals surface area (Å²) in [6.07, 6.45) is 3.67. The highest BCUT2D eigenvalue weighted by Crippen LogP contribution is 2.28. The smallest absolute Gasteiger partial charge is 0.255 e. The standard InChI is InChI=1S/C19H30N4O2/c1-13-7-14(2)9-16(8-13)23-19(21-3)22-11-15-5-4-6-17(10-15)25-12-18(20)24/h4-6,10,13-14,16H,7-9,11-12H2,1-3H3,(H2,20,24)(H2,21,22,23). The van der Waals surface area contributed by atoms with Gasteiger partial charge in [0, 0.05) is 19.6 Å². The summed E-state index contributed by atoms with van der Waals surface area (Å²) in [7, 11) is 1.79. The molecule has 6 heteroatoms. The molecule has 0 aromatic heterocycles. The van der Waals surface area contributed by atoms with Crippen molar-refractivity contribution in [1.29, 1.82) is 0 Å².